The fourth-order valence-corrected chi connectivity index (χ4v) is 1.78. The molecule has 0 aliphatic heterocycles. The van der Waals surface area contributed by atoms with Crippen molar-refractivity contribution in [2.24, 2.45) is 11.7 Å². The summed E-state index contributed by atoms with van der Waals surface area (Å²) in [7, 11) is 0. The predicted molar refractivity (Wildman–Crippen MR) is 68.9 cm³/mol. The minimum Gasteiger partial charge on any atom is -0.387 e. The van der Waals surface area contributed by atoms with Crippen molar-refractivity contribution < 1.29 is 13.2 Å². The van der Waals surface area contributed by atoms with Gasteiger partial charge >= 0.3 is 6.18 Å². The molecule has 0 saturated carbocycles. The molecule has 0 spiro atoms. The van der Waals surface area contributed by atoms with Gasteiger partial charge in [-0.1, -0.05) is 37.3 Å². The first-order valence-corrected chi connectivity index (χ1v) is 6.01. The van der Waals surface area contributed by atoms with Gasteiger partial charge in [-0.2, -0.15) is 13.2 Å². The van der Waals surface area contributed by atoms with Crippen molar-refractivity contribution >= 4 is 5.84 Å². The summed E-state index contributed by atoms with van der Waals surface area (Å²) < 4.78 is 38.3. The standard InChI is InChI=1S/C13H18F3N3/c1-2-19(8-10-6-4-3-5-7-10)9-11(12(17)18)13(14,15)16/h3-7,11H,2,8-9H2,1H3,(H3,17,18). The van der Waals surface area contributed by atoms with E-state index in [0.717, 1.165) is 5.56 Å². The lowest BCUT2D eigenvalue weighted by atomic mass is 10.1. The Kier molecular flexibility index (Phi) is 5.35. The van der Waals surface area contributed by atoms with Crippen molar-refractivity contribution in [3.05, 3.63) is 35.9 Å². The zero-order valence-corrected chi connectivity index (χ0v) is 10.7. The van der Waals surface area contributed by atoms with E-state index in [4.69, 9.17) is 11.1 Å². The molecular formula is C13H18F3N3. The molecule has 1 unspecified atom stereocenters. The van der Waals surface area contributed by atoms with Crippen molar-refractivity contribution in [3.8, 4) is 0 Å². The zero-order valence-electron chi connectivity index (χ0n) is 10.7. The summed E-state index contributed by atoms with van der Waals surface area (Å²) in [5.41, 5.74) is 5.99. The Labute approximate surface area is 110 Å². The fraction of sp³-hybridized carbons (Fsp3) is 0.462. The second kappa shape index (κ2) is 6.56. The molecule has 0 amide bonds. The minimum atomic E-state index is -4.48. The maximum absolute atomic E-state index is 12.8. The molecule has 3 N–H and O–H groups in total. The Bertz CT molecular complexity index is 403. The second-order valence-corrected chi connectivity index (χ2v) is 4.36. The third-order valence-electron chi connectivity index (χ3n) is 2.91. The molecule has 1 aromatic carbocycles. The van der Waals surface area contributed by atoms with Crippen LogP contribution in [0, 0.1) is 11.3 Å². The van der Waals surface area contributed by atoms with Gasteiger partial charge in [0, 0.05) is 13.1 Å². The number of nitrogens with zero attached hydrogens (tertiary/aromatic N) is 1. The molecule has 0 radical (unpaired) electrons. The van der Waals surface area contributed by atoms with Crippen LogP contribution in [0.5, 0.6) is 0 Å². The molecular weight excluding hydrogens is 255 g/mol. The second-order valence-electron chi connectivity index (χ2n) is 4.36. The van der Waals surface area contributed by atoms with Gasteiger partial charge in [-0.25, -0.2) is 0 Å². The van der Waals surface area contributed by atoms with Crippen LogP contribution in [0.2, 0.25) is 0 Å². The first kappa shape index (κ1) is 15.5. The number of hydrogen-bond donors (Lipinski definition) is 2. The van der Waals surface area contributed by atoms with Gasteiger partial charge in [0.2, 0.25) is 0 Å². The van der Waals surface area contributed by atoms with Gasteiger partial charge in [0.25, 0.3) is 0 Å². The van der Waals surface area contributed by atoms with Crippen LogP contribution < -0.4 is 5.73 Å². The molecule has 1 aromatic rings. The molecule has 0 saturated heterocycles. The smallest absolute Gasteiger partial charge is 0.387 e. The number of alkyl halides is 3. The average molecular weight is 273 g/mol. The van der Waals surface area contributed by atoms with Crippen LogP contribution in [-0.2, 0) is 6.54 Å². The molecule has 0 aliphatic rings. The SMILES string of the molecule is CCN(Cc1ccccc1)CC(C(=N)N)C(F)(F)F. The van der Waals surface area contributed by atoms with E-state index in [1.54, 1.807) is 11.8 Å². The average Bonchev–Trinajstić information content (AvgIpc) is 2.33. The maximum atomic E-state index is 12.8. The van der Waals surface area contributed by atoms with Crippen molar-refractivity contribution in [1.82, 2.24) is 4.90 Å². The molecule has 3 nitrogen and oxygen atoms in total. The van der Waals surface area contributed by atoms with E-state index in [-0.39, 0.29) is 6.54 Å². The summed E-state index contributed by atoms with van der Waals surface area (Å²) in [6.07, 6.45) is -4.48. The number of amidine groups is 1. The first-order valence-electron chi connectivity index (χ1n) is 6.01. The Morgan fingerprint density at radius 1 is 1.32 bits per heavy atom. The summed E-state index contributed by atoms with van der Waals surface area (Å²) in [4.78, 5) is 1.63. The topological polar surface area (TPSA) is 53.1 Å². The molecule has 0 fully saturated rings. The maximum Gasteiger partial charge on any atom is 0.399 e. The highest BCUT2D eigenvalue weighted by Gasteiger charge is 2.42. The van der Waals surface area contributed by atoms with Crippen molar-refractivity contribution in [2.45, 2.75) is 19.6 Å². The lowest BCUT2D eigenvalue weighted by Crippen LogP contribution is -2.43. The van der Waals surface area contributed by atoms with Crippen molar-refractivity contribution in [2.75, 3.05) is 13.1 Å². The Morgan fingerprint density at radius 3 is 2.32 bits per heavy atom. The van der Waals surface area contributed by atoms with Gasteiger partial charge in [0.1, 0.15) is 11.8 Å². The largest absolute Gasteiger partial charge is 0.399 e. The lowest BCUT2D eigenvalue weighted by Gasteiger charge is -2.27. The number of hydrogen-bond acceptors (Lipinski definition) is 2. The van der Waals surface area contributed by atoms with Crippen LogP contribution in [0.25, 0.3) is 0 Å². The normalized spacial score (nSPS) is 13.5. The van der Waals surface area contributed by atoms with Gasteiger partial charge in [0.05, 0.1) is 0 Å². The summed E-state index contributed by atoms with van der Waals surface area (Å²) >= 11 is 0. The number of nitrogens with two attached hydrogens (primary N) is 1. The fourth-order valence-electron chi connectivity index (χ4n) is 1.78. The molecule has 0 heterocycles. The van der Waals surface area contributed by atoms with Gasteiger partial charge in [0.15, 0.2) is 0 Å². The zero-order chi connectivity index (χ0) is 14.5. The van der Waals surface area contributed by atoms with Gasteiger partial charge in [-0.15, -0.1) is 0 Å². The molecule has 0 aromatic heterocycles. The highest BCUT2D eigenvalue weighted by atomic mass is 19.4. The third-order valence-corrected chi connectivity index (χ3v) is 2.91. The van der Waals surface area contributed by atoms with E-state index in [2.05, 4.69) is 0 Å². The minimum absolute atomic E-state index is 0.287. The van der Waals surface area contributed by atoms with Gasteiger partial charge in [-0.3, -0.25) is 10.3 Å². The molecule has 19 heavy (non-hydrogen) atoms. The van der Waals surface area contributed by atoms with Crippen LogP contribution in [0.4, 0.5) is 13.2 Å². The van der Waals surface area contributed by atoms with E-state index in [9.17, 15) is 13.2 Å². The van der Waals surface area contributed by atoms with E-state index >= 15 is 0 Å². The number of rotatable bonds is 6. The summed E-state index contributed by atoms with van der Waals surface area (Å²) in [6.45, 7) is 2.38. The van der Waals surface area contributed by atoms with Crippen LogP contribution in [0.3, 0.4) is 0 Å². The van der Waals surface area contributed by atoms with Crippen molar-refractivity contribution in [1.29, 1.82) is 5.41 Å². The Morgan fingerprint density at radius 2 is 1.89 bits per heavy atom. The monoisotopic (exact) mass is 273 g/mol. The molecule has 1 atom stereocenters. The van der Waals surface area contributed by atoms with Crippen molar-refractivity contribution in [3.63, 3.8) is 0 Å². The predicted octanol–water partition coefficient (Wildman–Crippen LogP) is 2.62. The van der Waals surface area contributed by atoms with E-state index in [0.29, 0.717) is 13.1 Å². The number of nitrogens with one attached hydrogen (secondary N) is 1. The van der Waals surface area contributed by atoms with Crippen LogP contribution in [0.1, 0.15) is 12.5 Å². The lowest BCUT2D eigenvalue weighted by molar-refractivity contribution is -0.160. The highest BCUT2D eigenvalue weighted by molar-refractivity contribution is 5.80. The Balaban J connectivity index is 2.73. The van der Waals surface area contributed by atoms with Crippen LogP contribution in [0.15, 0.2) is 30.3 Å². The van der Waals surface area contributed by atoms with Gasteiger partial charge in [-0.05, 0) is 12.1 Å². The number of benzene rings is 1. The van der Waals surface area contributed by atoms with Crippen LogP contribution >= 0.6 is 0 Å². The molecule has 1 rings (SSSR count). The van der Waals surface area contributed by atoms with Gasteiger partial charge < -0.3 is 5.73 Å². The summed E-state index contributed by atoms with van der Waals surface area (Å²) in [5, 5.41) is 7.09. The number of halogens is 3. The summed E-state index contributed by atoms with van der Waals surface area (Å²) in [5.74, 6) is -2.74. The molecule has 6 heteroatoms. The quantitative estimate of drug-likeness (QED) is 0.618. The Hall–Kier alpha value is -1.56. The highest BCUT2D eigenvalue weighted by Crippen LogP contribution is 2.27. The summed E-state index contributed by atoms with van der Waals surface area (Å²) in [6, 6.07) is 9.26. The van der Waals surface area contributed by atoms with E-state index in [1.807, 2.05) is 30.3 Å². The van der Waals surface area contributed by atoms with E-state index in [1.165, 1.54) is 0 Å². The van der Waals surface area contributed by atoms with Crippen LogP contribution in [-0.4, -0.2) is 30.0 Å². The molecule has 0 bridgehead atoms. The third kappa shape index (κ3) is 4.90. The van der Waals surface area contributed by atoms with E-state index < -0.39 is 17.9 Å². The molecule has 106 valence electrons. The first-order chi connectivity index (χ1) is 8.84. The molecule has 0 aliphatic carbocycles.